The molecule has 0 aliphatic heterocycles. The third kappa shape index (κ3) is 4.13. The molecule has 10 nitrogen and oxygen atoms in total. The highest BCUT2D eigenvalue weighted by molar-refractivity contribution is 7.32. The van der Waals surface area contributed by atoms with Crippen molar-refractivity contribution in [2.75, 3.05) is 28.4 Å². The molecule has 0 spiro atoms. The zero-order chi connectivity index (χ0) is 21.0. The molecule has 1 heterocycles. The average molecular weight is 421 g/mol. The van der Waals surface area contributed by atoms with Crippen LogP contribution in [-0.2, 0) is 4.57 Å². The monoisotopic (exact) mass is 421 g/mol. The molecule has 0 amide bonds. The van der Waals surface area contributed by atoms with E-state index in [0.717, 1.165) is 0 Å². The van der Waals surface area contributed by atoms with Crippen molar-refractivity contribution in [2.45, 2.75) is 0 Å². The van der Waals surface area contributed by atoms with Gasteiger partial charge in [-0.3, -0.25) is 5.10 Å². The zero-order valence-electron chi connectivity index (χ0n) is 16.2. The topological polar surface area (TPSA) is 125 Å². The predicted octanol–water partition coefficient (Wildman–Crippen LogP) is 2.93. The molecule has 1 aromatic heterocycles. The van der Waals surface area contributed by atoms with E-state index in [0.29, 0.717) is 45.5 Å². The molecule has 0 radical (unpaired) electrons. The number of rotatable bonds is 8. The summed E-state index contributed by atoms with van der Waals surface area (Å²) in [5.74, 6) is 1.84. The Morgan fingerprint density at radius 3 is 2.03 bits per heavy atom. The summed E-state index contributed by atoms with van der Waals surface area (Å²) in [4.78, 5) is 9.14. The van der Waals surface area contributed by atoms with Crippen LogP contribution in [0.15, 0.2) is 30.3 Å². The van der Waals surface area contributed by atoms with Gasteiger partial charge in [0.15, 0.2) is 23.0 Å². The van der Waals surface area contributed by atoms with Gasteiger partial charge in [0, 0.05) is 11.1 Å². The molecule has 0 saturated carbocycles. The lowest BCUT2D eigenvalue weighted by Gasteiger charge is -2.14. The van der Waals surface area contributed by atoms with E-state index in [2.05, 4.69) is 15.4 Å². The maximum Gasteiger partial charge on any atom is 0.365 e. The molecule has 0 saturated heterocycles. The first-order valence-electron chi connectivity index (χ1n) is 8.33. The Bertz CT molecular complexity index is 1010. The second kappa shape index (κ2) is 8.85. The van der Waals surface area contributed by atoms with E-state index in [4.69, 9.17) is 28.4 Å². The molecular weight excluding hydrogens is 401 g/mol. The minimum absolute atomic E-state index is 0.121. The second-order valence-electron chi connectivity index (χ2n) is 5.68. The largest absolute Gasteiger partial charge is 0.493 e. The van der Waals surface area contributed by atoms with Crippen LogP contribution in [-0.4, -0.2) is 48.7 Å². The molecule has 29 heavy (non-hydrogen) atoms. The number of methoxy groups -OCH3 is 4. The molecule has 0 bridgehead atoms. The van der Waals surface area contributed by atoms with Gasteiger partial charge in [-0.05, 0) is 30.3 Å². The number of hydrogen-bond donors (Lipinski definition) is 2. The lowest BCUT2D eigenvalue weighted by molar-refractivity contribution is 0.324. The summed E-state index contributed by atoms with van der Waals surface area (Å²) in [5, 5.41) is 10.9. The number of nitrogens with one attached hydrogen (secondary N) is 1. The van der Waals surface area contributed by atoms with Gasteiger partial charge >= 0.3 is 8.25 Å². The summed E-state index contributed by atoms with van der Waals surface area (Å²) in [6, 6.07) is 8.42. The Kier molecular flexibility index (Phi) is 6.26. The van der Waals surface area contributed by atoms with E-state index in [9.17, 15) is 4.57 Å². The first-order chi connectivity index (χ1) is 14.0. The fourth-order valence-electron chi connectivity index (χ4n) is 2.85. The number of H-pyrrole nitrogens is 1. The predicted molar refractivity (Wildman–Crippen MR) is 105 cm³/mol. The minimum Gasteiger partial charge on any atom is -0.493 e. The van der Waals surface area contributed by atoms with Crippen molar-refractivity contribution in [3.8, 4) is 51.3 Å². The molecule has 11 heteroatoms. The Hall–Kier alpha value is -3.23. The number of hydrogen-bond acceptors (Lipinski definition) is 8. The lowest BCUT2D eigenvalue weighted by atomic mass is 10.0. The molecule has 2 aromatic carbocycles. The van der Waals surface area contributed by atoms with Gasteiger partial charge in [-0.1, -0.05) is 5.21 Å². The van der Waals surface area contributed by atoms with E-state index in [1.165, 1.54) is 28.4 Å². The molecule has 0 aliphatic rings. The van der Waals surface area contributed by atoms with E-state index < -0.39 is 8.25 Å². The minimum atomic E-state index is -3.21. The fraction of sp³-hybridized carbons (Fsp3) is 0.222. The number of aromatic amines is 1. The Morgan fingerprint density at radius 2 is 1.48 bits per heavy atom. The molecule has 2 N–H and O–H groups in total. The van der Waals surface area contributed by atoms with Gasteiger partial charge < -0.3 is 28.4 Å². The van der Waals surface area contributed by atoms with E-state index in [-0.39, 0.29) is 5.75 Å². The summed E-state index contributed by atoms with van der Waals surface area (Å²) in [6.45, 7) is 0. The molecule has 1 atom stereocenters. The number of aromatic nitrogens is 3. The van der Waals surface area contributed by atoms with Gasteiger partial charge in [-0.15, -0.1) is 5.10 Å². The highest BCUT2D eigenvalue weighted by Crippen LogP contribution is 2.43. The second-order valence-corrected chi connectivity index (χ2v) is 6.42. The summed E-state index contributed by atoms with van der Waals surface area (Å²) >= 11 is 0. The fourth-order valence-corrected chi connectivity index (χ4v) is 3.20. The van der Waals surface area contributed by atoms with Crippen LogP contribution in [0.5, 0.6) is 28.7 Å². The Labute approximate surface area is 167 Å². The van der Waals surface area contributed by atoms with Crippen molar-refractivity contribution in [3.05, 3.63) is 30.3 Å². The van der Waals surface area contributed by atoms with Crippen LogP contribution in [0.4, 0.5) is 0 Å². The third-order valence-corrected chi connectivity index (χ3v) is 4.53. The van der Waals surface area contributed by atoms with Crippen LogP contribution in [0.2, 0.25) is 0 Å². The van der Waals surface area contributed by atoms with Crippen LogP contribution < -0.4 is 23.5 Å². The highest BCUT2D eigenvalue weighted by Gasteiger charge is 2.20. The van der Waals surface area contributed by atoms with Crippen LogP contribution in [0, 0.1) is 0 Å². The lowest BCUT2D eigenvalue weighted by Crippen LogP contribution is -1.96. The summed E-state index contributed by atoms with van der Waals surface area (Å²) in [7, 11) is 2.80. The van der Waals surface area contributed by atoms with Crippen LogP contribution in [0.1, 0.15) is 0 Å². The van der Waals surface area contributed by atoms with Gasteiger partial charge in [0.1, 0.15) is 5.69 Å². The summed E-state index contributed by atoms with van der Waals surface area (Å²) in [5.41, 5.74) is 2.36. The normalized spacial score (nSPS) is 11.6. The SMILES string of the molecule is COc1ccc(-c2nn[nH]c2-c2cc(OC)c(OC)c(OC)c2)cc1O[PH](=O)O. The van der Waals surface area contributed by atoms with Crippen molar-refractivity contribution in [1.82, 2.24) is 15.4 Å². The smallest absolute Gasteiger partial charge is 0.365 e. The number of benzene rings is 2. The van der Waals surface area contributed by atoms with E-state index in [1.54, 1.807) is 30.3 Å². The Balaban J connectivity index is 2.12. The van der Waals surface area contributed by atoms with Crippen LogP contribution in [0.25, 0.3) is 22.5 Å². The molecule has 3 rings (SSSR count). The molecular formula is C18H20N3O7P. The maximum absolute atomic E-state index is 11.2. The van der Waals surface area contributed by atoms with Crippen molar-refractivity contribution in [1.29, 1.82) is 0 Å². The van der Waals surface area contributed by atoms with Gasteiger partial charge in [-0.25, -0.2) is 4.57 Å². The van der Waals surface area contributed by atoms with Gasteiger partial charge in [0.25, 0.3) is 0 Å². The maximum atomic E-state index is 11.2. The standard InChI is InChI=1S/C18H20N3O7P/c1-24-12-6-5-10(7-13(12)28-29(22)23)16-17(20-21-19-16)11-8-14(25-2)18(27-4)15(9-11)26-3/h5-9,29H,1-4H3,(H,22,23)(H,19,20,21). The van der Waals surface area contributed by atoms with Gasteiger partial charge in [0.05, 0.1) is 34.1 Å². The first-order valence-corrected chi connectivity index (χ1v) is 9.59. The average Bonchev–Trinajstić information content (AvgIpc) is 3.22. The molecule has 1 unspecified atom stereocenters. The van der Waals surface area contributed by atoms with Gasteiger partial charge in [-0.2, -0.15) is 0 Å². The number of nitrogens with zero attached hydrogens (tertiary/aromatic N) is 2. The number of ether oxygens (including phenoxy) is 4. The van der Waals surface area contributed by atoms with Crippen molar-refractivity contribution in [3.63, 3.8) is 0 Å². The molecule has 154 valence electrons. The molecule has 0 aliphatic carbocycles. The van der Waals surface area contributed by atoms with Crippen LogP contribution in [0.3, 0.4) is 0 Å². The summed E-state index contributed by atoms with van der Waals surface area (Å²) in [6.07, 6.45) is 0. The third-order valence-electron chi connectivity index (χ3n) is 4.14. The first kappa shape index (κ1) is 20.5. The molecule has 3 aromatic rings. The van der Waals surface area contributed by atoms with Gasteiger partial charge in [0.2, 0.25) is 5.75 Å². The van der Waals surface area contributed by atoms with Crippen molar-refractivity contribution >= 4 is 8.25 Å². The van der Waals surface area contributed by atoms with E-state index >= 15 is 0 Å². The highest BCUT2D eigenvalue weighted by atomic mass is 31.1. The summed E-state index contributed by atoms with van der Waals surface area (Å²) < 4.78 is 37.5. The Morgan fingerprint density at radius 1 is 0.862 bits per heavy atom. The van der Waals surface area contributed by atoms with Crippen molar-refractivity contribution in [2.24, 2.45) is 0 Å². The zero-order valence-corrected chi connectivity index (χ0v) is 17.2. The quantitative estimate of drug-likeness (QED) is 0.528. The van der Waals surface area contributed by atoms with Crippen molar-refractivity contribution < 1.29 is 32.9 Å². The molecule has 0 fully saturated rings. The van der Waals surface area contributed by atoms with E-state index in [1.807, 2.05) is 0 Å². The van der Waals surface area contributed by atoms with Crippen LogP contribution >= 0.6 is 8.25 Å².